The van der Waals surface area contributed by atoms with Crippen molar-refractivity contribution >= 4 is 45.5 Å². The molecule has 8 rings (SSSR count). The summed E-state index contributed by atoms with van der Waals surface area (Å²) in [5.74, 6) is 7.27. The van der Waals surface area contributed by atoms with Crippen LogP contribution in [0.2, 0.25) is 0 Å². The number of rotatable bonds is 41. The van der Waals surface area contributed by atoms with E-state index in [0.717, 1.165) is 139 Å². The predicted octanol–water partition coefficient (Wildman–Crippen LogP) is 26.5. The van der Waals surface area contributed by atoms with Gasteiger partial charge < -0.3 is 28.7 Å². The van der Waals surface area contributed by atoms with Gasteiger partial charge in [-0.2, -0.15) is 0 Å². The molecule has 0 aliphatic heterocycles. The van der Waals surface area contributed by atoms with Crippen LogP contribution in [-0.4, -0.2) is 26.4 Å². The van der Waals surface area contributed by atoms with E-state index in [1.807, 2.05) is 0 Å². The standard InChI is InChI=1S/C85H106F2N2O4S/c1-10-15-19-23-27-31-52-90-72-45-49-80(65(8)57-72)88(81-50-46-73(58-66(81)9)91-53-32-28-24-20-16-11-2)70-43-39-68(40-44-70)85-76(62-84(94-85)69-59-77(86)75(35-14-5)78(87)60-69)67-37-41-71(42-38-67)89(79-48-36-63(6)56-64(79)7)82-51-47-74(92-54-33-29-25-21-17-12-3)61-83(82)93-55-34-30-26-22-18-13-4/h36-51,56-62H,10-13,15-34,52-55H2,1-9H3. The Kier molecular flexibility index (Phi) is 29.8. The molecule has 0 bridgehead atoms. The lowest BCUT2D eigenvalue weighted by molar-refractivity contribution is 0.290. The lowest BCUT2D eigenvalue weighted by Gasteiger charge is -2.29. The number of nitrogens with zero attached hydrogens (tertiary/aromatic N) is 2. The van der Waals surface area contributed by atoms with E-state index in [0.29, 0.717) is 32.0 Å². The molecule has 1 aromatic heterocycles. The number of unbranched alkanes of at least 4 members (excludes halogenated alkanes) is 20. The average molecular weight is 1290 g/mol. The quantitative estimate of drug-likeness (QED) is 0.0281. The first-order valence-electron chi connectivity index (χ1n) is 35.8. The predicted molar refractivity (Wildman–Crippen MR) is 397 cm³/mol. The molecule has 9 heteroatoms. The number of anilines is 6. The average Bonchev–Trinajstić information content (AvgIpc) is 1.30. The molecule has 0 unspecified atom stereocenters. The van der Waals surface area contributed by atoms with E-state index in [-0.39, 0.29) is 5.56 Å². The summed E-state index contributed by atoms with van der Waals surface area (Å²) in [4.78, 5) is 6.35. The number of aryl methyl sites for hydroxylation is 4. The summed E-state index contributed by atoms with van der Waals surface area (Å²) in [6.07, 6.45) is 28.7. The van der Waals surface area contributed by atoms with E-state index in [4.69, 9.17) is 18.9 Å². The van der Waals surface area contributed by atoms with Crippen LogP contribution < -0.4 is 28.7 Å². The molecule has 7 aromatic carbocycles. The molecule has 94 heavy (non-hydrogen) atoms. The van der Waals surface area contributed by atoms with E-state index in [2.05, 4.69) is 204 Å². The fourth-order valence-electron chi connectivity index (χ4n) is 12.4. The highest BCUT2D eigenvalue weighted by Gasteiger charge is 2.24. The highest BCUT2D eigenvalue weighted by molar-refractivity contribution is 7.19. The summed E-state index contributed by atoms with van der Waals surface area (Å²) in [5.41, 5.74) is 13.6. The van der Waals surface area contributed by atoms with Gasteiger partial charge in [-0.3, -0.25) is 0 Å². The molecule has 6 nitrogen and oxygen atoms in total. The van der Waals surface area contributed by atoms with Gasteiger partial charge in [-0.05, 0) is 191 Å². The number of hydrogen-bond acceptors (Lipinski definition) is 7. The van der Waals surface area contributed by atoms with Crippen LogP contribution in [0.25, 0.3) is 32.0 Å². The Morgan fingerprint density at radius 2 is 0.755 bits per heavy atom. The lowest BCUT2D eigenvalue weighted by Crippen LogP contribution is -2.14. The molecule has 1 heterocycles. The van der Waals surface area contributed by atoms with Crippen molar-refractivity contribution in [3.8, 4) is 66.8 Å². The molecule has 0 spiro atoms. The molecular weight excluding hydrogens is 1180 g/mol. The number of hydrogen-bond donors (Lipinski definition) is 0. The van der Waals surface area contributed by atoms with Crippen LogP contribution in [0.15, 0.2) is 140 Å². The van der Waals surface area contributed by atoms with Crippen molar-refractivity contribution in [2.45, 2.75) is 216 Å². The Morgan fingerprint density at radius 3 is 1.19 bits per heavy atom. The van der Waals surface area contributed by atoms with Gasteiger partial charge in [-0.15, -0.1) is 17.3 Å². The van der Waals surface area contributed by atoms with Crippen molar-refractivity contribution in [1.82, 2.24) is 0 Å². The van der Waals surface area contributed by atoms with Crippen molar-refractivity contribution in [3.05, 3.63) is 179 Å². The Labute approximate surface area is 568 Å². The van der Waals surface area contributed by atoms with Gasteiger partial charge in [0.25, 0.3) is 0 Å². The maximum absolute atomic E-state index is 15.9. The molecule has 0 atom stereocenters. The number of benzene rings is 7. The van der Waals surface area contributed by atoms with Crippen molar-refractivity contribution in [2.75, 3.05) is 36.2 Å². The van der Waals surface area contributed by atoms with Crippen LogP contribution in [0.1, 0.15) is 217 Å². The number of thiophene rings is 1. The first-order valence-corrected chi connectivity index (χ1v) is 36.6. The third kappa shape index (κ3) is 21.0. The minimum Gasteiger partial charge on any atom is -0.494 e. The van der Waals surface area contributed by atoms with E-state index < -0.39 is 11.6 Å². The van der Waals surface area contributed by atoms with E-state index in [1.54, 1.807) is 6.92 Å². The van der Waals surface area contributed by atoms with Gasteiger partial charge in [0.15, 0.2) is 0 Å². The van der Waals surface area contributed by atoms with Gasteiger partial charge >= 0.3 is 0 Å². The van der Waals surface area contributed by atoms with Gasteiger partial charge in [0.1, 0.15) is 34.6 Å². The summed E-state index contributed by atoms with van der Waals surface area (Å²) in [7, 11) is 0. The fraction of sp³-hybridized carbons (Fsp3) is 0.435. The van der Waals surface area contributed by atoms with Gasteiger partial charge in [-0.25, -0.2) is 8.78 Å². The Morgan fingerprint density at radius 1 is 0.372 bits per heavy atom. The van der Waals surface area contributed by atoms with Crippen LogP contribution in [0.3, 0.4) is 0 Å². The lowest BCUT2D eigenvalue weighted by atomic mass is 9.99. The minimum absolute atomic E-state index is 0.227. The highest BCUT2D eigenvalue weighted by atomic mass is 32.1. The highest BCUT2D eigenvalue weighted by Crippen LogP contribution is 2.49. The number of halogens is 2. The van der Waals surface area contributed by atoms with Gasteiger partial charge in [-0.1, -0.05) is 204 Å². The van der Waals surface area contributed by atoms with Crippen molar-refractivity contribution in [3.63, 3.8) is 0 Å². The maximum atomic E-state index is 15.9. The maximum Gasteiger partial charge on any atom is 0.146 e. The largest absolute Gasteiger partial charge is 0.494 e. The monoisotopic (exact) mass is 1290 g/mol. The molecular formula is C85H106F2N2O4S. The van der Waals surface area contributed by atoms with E-state index in [1.165, 1.54) is 145 Å². The zero-order chi connectivity index (χ0) is 66.4. The molecule has 0 fully saturated rings. The third-order valence-electron chi connectivity index (χ3n) is 17.8. The zero-order valence-electron chi connectivity index (χ0n) is 58.3. The smallest absolute Gasteiger partial charge is 0.146 e. The fourth-order valence-corrected chi connectivity index (χ4v) is 13.6. The molecule has 0 aliphatic rings. The van der Waals surface area contributed by atoms with Crippen LogP contribution in [0.5, 0.6) is 23.0 Å². The van der Waals surface area contributed by atoms with E-state index >= 15 is 8.78 Å². The Bertz CT molecular complexity index is 3560. The second-order valence-corrected chi connectivity index (χ2v) is 26.6. The van der Waals surface area contributed by atoms with Crippen LogP contribution in [-0.2, 0) is 0 Å². The molecule has 0 radical (unpaired) electrons. The third-order valence-corrected chi connectivity index (χ3v) is 19.0. The molecule has 8 aromatic rings. The van der Waals surface area contributed by atoms with Crippen LogP contribution in [0.4, 0.5) is 42.9 Å². The molecule has 500 valence electrons. The normalized spacial score (nSPS) is 11.2. The molecule has 0 saturated carbocycles. The topological polar surface area (TPSA) is 43.4 Å². The van der Waals surface area contributed by atoms with Crippen LogP contribution in [0, 0.1) is 51.2 Å². The summed E-state index contributed by atoms with van der Waals surface area (Å²) < 4.78 is 57.7. The Balaban J connectivity index is 1.17. The molecule has 0 amide bonds. The van der Waals surface area contributed by atoms with Gasteiger partial charge in [0.05, 0.1) is 37.7 Å². The summed E-state index contributed by atoms with van der Waals surface area (Å²) in [5, 5.41) is 0. The van der Waals surface area contributed by atoms with Crippen molar-refractivity contribution in [2.24, 2.45) is 0 Å². The Hall–Kier alpha value is -7.54. The first kappa shape index (κ1) is 72.3. The first-order chi connectivity index (χ1) is 45.9. The second kappa shape index (κ2) is 38.7. The number of ether oxygens (including phenoxy) is 4. The SMILES string of the molecule is CC#Cc1c(F)cc(-c2cc(-c3ccc(N(c4ccc(C)cc4C)c4ccc(OCCCCCCCC)cc4OCCCCCCCC)cc3)c(-c3ccc(N(c4ccc(OCCCCCCCC)cc4C)c4ccc(OCCCCCCCC)cc4C)cc3)s2)cc1F. The summed E-state index contributed by atoms with van der Waals surface area (Å²) >= 11 is 1.52. The van der Waals surface area contributed by atoms with Crippen LogP contribution >= 0.6 is 11.3 Å². The van der Waals surface area contributed by atoms with Crippen molar-refractivity contribution in [1.29, 1.82) is 0 Å². The second-order valence-electron chi connectivity index (χ2n) is 25.6. The van der Waals surface area contributed by atoms with E-state index in [9.17, 15) is 0 Å². The van der Waals surface area contributed by atoms with Crippen molar-refractivity contribution < 1.29 is 27.7 Å². The summed E-state index contributed by atoms with van der Waals surface area (Å²) in [6.45, 7) is 21.9. The minimum atomic E-state index is -0.686. The van der Waals surface area contributed by atoms with Gasteiger partial charge in [0, 0.05) is 49.8 Å². The van der Waals surface area contributed by atoms with Gasteiger partial charge in [0.2, 0.25) is 0 Å². The zero-order valence-corrected chi connectivity index (χ0v) is 59.1. The summed E-state index contributed by atoms with van der Waals surface area (Å²) in [6, 6.07) is 48.1. The molecule has 0 N–H and O–H groups in total. The molecule has 0 saturated heterocycles. The molecule has 0 aliphatic carbocycles.